The van der Waals surface area contributed by atoms with Crippen molar-refractivity contribution in [1.82, 2.24) is 5.32 Å². The average molecular weight is 366 g/mol. The Morgan fingerprint density at radius 2 is 1.78 bits per heavy atom. The lowest BCUT2D eigenvalue weighted by Gasteiger charge is -2.20. The molecule has 1 amide bonds. The van der Waals surface area contributed by atoms with Gasteiger partial charge in [-0.3, -0.25) is 4.79 Å². The number of ether oxygens (including phenoxy) is 1. The number of amides is 1. The quantitative estimate of drug-likeness (QED) is 0.759. The van der Waals surface area contributed by atoms with Gasteiger partial charge >= 0.3 is 0 Å². The Morgan fingerprint density at radius 1 is 1.04 bits per heavy atom. The molecule has 2 aromatic carbocycles. The molecular formula is C24H31NO2. The number of rotatable bonds is 6. The number of aryl methyl sites for hydroxylation is 3. The van der Waals surface area contributed by atoms with E-state index in [0.717, 1.165) is 23.3 Å². The SMILES string of the molecule is Cc1ccc(C(C)C)c(OCC(=O)NC(C)c2ccc3c(c2)CCCC3)c1. The molecule has 0 saturated carbocycles. The molecule has 3 heteroatoms. The van der Waals surface area contributed by atoms with Gasteiger partial charge in [-0.2, -0.15) is 0 Å². The summed E-state index contributed by atoms with van der Waals surface area (Å²) in [5.74, 6) is 1.08. The molecule has 0 bridgehead atoms. The summed E-state index contributed by atoms with van der Waals surface area (Å²) in [6.45, 7) is 8.38. The van der Waals surface area contributed by atoms with Gasteiger partial charge in [-0.25, -0.2) is 0 Å². The third-order valence-electron chi connectivity index (χ3n) is 5.40. The van der Waals surface area contributed by atoms with Crippen molar-refractivity contribution in [3.05, 3.63) is 64.2 Å². The van der Waals surface area contributed by atoms with Crippen LogP contribution < -0.4 is 10.1 Å². The first-order chi connectivity index (χ1) is 12.9. The predicted molar refractivity (Wildman–Crippen MR) is 110 cm³/mol. The maximum Gasteiger partial charge on any atom is 0.258 e. The van der Waals surface area contributed by atoms with Crippen molar-refractivity contribution in [2.24, 2.45) is 0 Å². The fraction of sp³-hybridized carbons (Fsp3) is 0.458. The summed E-state index contributed by atoms with van der Waals surface area (Å²) < 4.78 is 5.86. The van der Waals surface area contributed by atoms with E-state index < -0.39 is 0 Å². The highest BCUT2D eigenvalue weighted by atomic mass is 16.5. The zero-order valence-corrected chi connectivity index (χ0v) is 17.0. The summed E-state index contributed by atoms with van der Waals surface area (Å²) in [4.78, 5) is 12.4. The van der Waals surface area contributed by atoms with Crippen molar-refractivity contribution in [2.75, 3.05) is 6.61 Å². The molecule has 0 saturated heterocycles. The molecule has 0 radical (unpaired) electrons. The number of fused-ring (bicyclic) bond motifs is 1. The van der Waals surface area contributed by atoms with Crippen LogP contribution in [0.2, 0.25) is 0 Å². The largest absolute Gasteiger partial charge is 0.483 e. The summed E-state index contributed by atoms with van der Waals surface area (Å²) in [5, 5.41) is 3.07. The molecular weight excluding hydrogens is 334 g/mol. The first kappa shape index (κ1) is 19.5. The minimum absolute atomic E-state index is 0.0181. The smallest absolute Gasteiger partial charge is 0.258 e. The lowest BCUT2D eigenvalue weighted by molar-refractivity contribution is -0.123. The van der Waals surface area contributed by atoms with Gasteiger partial charge in [0.25, 0.3) is 5.91 Å². The molecule has 27 heavy (non-hydrogen) atoms. The van der Waals surface area contributed by atoms with Gasteiger partial charge in [-0.1, -0.05) is 44.2 Å². The van der Waals surface area contributed by atoms with E-state index in [2.05, 4.69) is 49.5 Å². The highest BCUT2D eigenvalue weighted by Crippen LogP contribution is 2.28. The van der Waals surface area contributed by atoms with Gasteiger partial charge < -0.3 is 10.1 Å². The Hall–Kier alpha value is -2.29. The summed E-state index contributed by atoms with van der Waals surface area (Å²) in [5.41, 5.74) is 6.35. The van der Waals surface area contributed by atoms with Crippen LogP contribution in [0.15, 0.2) is 36.4 Å². The number of hydrogen-bond acceptors (Lipinski definition) is 2. The Labute approximate surface area is 163 Å². The molecule has 0 aromatic heterocycles. The highest BCUT2D eigenvalue weighted by Gasteiger charge is 2.15. The molecule has 0 fully saturated rings. The minimum Gasteiger partial charge on any atom is -0.483 e. The summed E-state index contributed by atoms with van der Waals surface area (Å²) >= 11 is 0. The van der Waals surface area contributed by atoms with Gasteiger partial charge in [0.05, 0.1) is 6.04 Å². The van der Waals surface area contributed by atoms with Crippen LogP contribution in [0.4, 0.5) is 0 Å². The topological polar surface area (TPSA) is 38.3 Å². The fourth-order valence-corrected chi connectivity index (χ4v) is 3.78. The first-order valence-corrected chi connectivity index (χ1v) is 10.1. The second-order valence-corrected chi connectivity index (χ2v) is 8.01. The number of carbonyl (C=O) groups excluding carboxylic acids is 1. The van der Waals surface area contributed by atoms with Crippen LogP contribution in [0.25, 0.3) is 0 Å². The zero-order valence-electron chi connectivity index (χ0n) is 17.0. The normalized spacial score (nSPS) is 14.6. The van der Waals surface area contributed by atoms with Crippen molar-refractivity contribution < 1.29 is 9.53 Å². The Morgan fingerprint density at radius 3 is 2.52 bits per heavy atom. The lowest BCUT2D eigenvalue weighted by atomic mass is 9.89. The van der Waals surface area contributed by atoms with E-state index in [1.54, 1.807) is 0 Å². The van der Waals surface area contributed by atoms with Gasteiger partial charge in [0.2, 0.25) is 0 Å². The fourth-order valence-electron chi connectivity index (χ4n) is 3.78. The van der Waals surface area contributed by atoms with Crippen molar-refractivity contribution >= 4 is 5.91 Å². The number of benzene rings is 2. The van der Waals surface area contributed by atoms with Crippen LogP contribution >= 0.6 is 0 Å². The number of carbonyl (C=O) groups is 1. The van der Waals surface area contributed by atoms with E-state index in [1.807, 2.05) is 19.9 Å². The number of nitrogens with one attached hydrogen (secondary N) is 1. The van der Waals surface area contributed by atoms with E-state index >= 15 is 0 Å². The molecule has 0 heterocycles. The van der Waals surface area contributed by atoms with Gasteiger partial charge in [0.1, 0.15) is 5.75 Å². The second-order valence-electron chi connectivity index (χ2n) is 8.01. The molecule has 3 nitrogen and oxygen atoms in total. The standard InChI is InChI=1S/C24H31NO2/c1-16(2)22-12-9-17(3)13-23(22)27-15-24(26)25-18(4)20-11-10-19-7-5-6-8-21(19)14-20/h9-14,16,18H,5-8,15H2,1-4H3,(H,25,26). The Kier molecular flexibility index (Phi) is 6.20. The molecule has 144 valence electrons. The van der Waals surface area contributed by atoms with E-state index in [4.69, 9.17) is 4.74 Å². The molecule has 1 N–H and O–H groups in total. The third-order valence-corrected chi connectivity index (χ3v) is 5.40. The van der Waals surface area contributed by atoms with Gasteiger partial charge in [-0.15, -0.1) is 0 Å². The van der Waals surface area contributed by atoms with Crippen LogP contribution in [0.3, 0.4) is 0 Å². The van der Waals surface area contributed by atoms with Crippen molar-refractivity contribution in [2.45, 2.75) is 65.3 Å². The number of hydrogen-bond donors (Lipinski definition) is 1. The average Bonchev–Trinajstić information content (AvgIpc) is 2.65. The zero-order chi connectivity index (χ0) is 19.4. The maximum atomic E-state index is 12.4. The first-order valence-electron chi connectivity index (χ1n) is 10.1. The molecule has 1 unspecified atom stereocenters. The van der Waals surface area contributed by atoms with E-state index in [0.29, 0.717) is 5.92 Å². The summed E-state index contributed by atoms with van der Waals surface area (Å²) in [6, 6.07) is 12.8. The lowest BCUT2D eigenvalue weighted by Crippen LogP contribution is -2.31. The van der Waals surface area contributed by atoms with E-state index in [-0.39, 0.29) is 18.6 Å². The van der Waals surface area contributed by atoms with Crippen molar-refractivity contribution in [3.63, 3.8) is 0 Å². The van der Waals surface area contributed by atoms with Crippen LogP contribution in [0.1, 0.15) is 73.4 Å². The van der Waals surface area contributed by atoms with Crippen LogP contribution in [-0.2, 0) is 17.6 Å². The van der Waals surface area contributed by atoms with Crippen molar-refractivity contribution in [1.29, 1.82) is 0 Å². The second kappa shape index (κ2) is 8.60. The monoisotopic (exact) mass is 365 g/mol. The van der Waals surface area contributed by atoms with Crippen molar-refractivity contribution in [3.8, 4) is 5.75 Å². The van der Waals surface area contributed by atoms with E-state index in [1.165, 1.54) is 36.0 Å². The molecule has 1 aliphatic carbocycles. The predicted octanol–water partition coefficient (Wildman–Crippen LogP) is 5.25. The summed E-state index contributed by atoms with van der Waals surface area (Å²) in [6.07, 6.45) is 4.88. The van der Waals surface area contributed by atoms with Crippen LogP contribution in [0.5, 0.6) is 5.75 Å². The van der Waals surface area contributed by atoms with Gasteiger partial charge in [0, 0.05) is 0 Å². The van der Waals surface area contributed by atoms with Gasteiger partial charge in [-0.05, 0) is 79.3 Å². The van der Waals surface area contributed by atoms with E-state index in [9.17, 15) is 4.79 Å². The molecule has 0 aliphatic heterocycles. The molecule has 3 rings (SSSR count). The Bertz CT molecular complexity index is 810. The van der Waals surface area contributed by atoms with Crippen LogP contribution in [0, 0.1) is 6.92 Å². The minimum atomic E-state index is -0.0866. The molecule has 0 spiro atoms. The maximum absolute atomic E-state index is 12.4. The summed E-state index contributed by atoms with van der Waals surface area (Å²) in [7, 11) is 0. The molecule has 1 aliphatic rings. The third kappa shape index (κ3) is 4.91. The molecule has 2 aromatic rings. The molecule has 1 atom stereocenters. The van der Waals surface area contributed by atoms with Crippen LogP contribution in [-0.4, -0.2) is 12.5 Å². The Balaban J connectivity index is 1.60. The van der Waals surface area contributed by atoms with Gasteiger partial charge in [0.15, 0.2) is 6.61 Å². The highest BCUT2D eigenvalue weighted by molar-refractivity contribution is 5.78.